The molecule has 1 saturated heterocycles. The molecule has 2 aromatic rings. The van der Waals surface area contributed by atoms with Gasteiger partial charge in [-0.1, -0.05) is 29.8 Å². The quantitative estimate of drug-likeness (QED) is 0.810. The van der Waals surface area contributed by atoms with E-state index in [0.29, 0.717) is 17.5 Å². The number of primary amides is 1. The van der Waals surface area contributed by atoms with Gasteiger partial charge >= 0.3 is 0 Å². The van der Waals surface area contributed by atoms with Gasteiger partial charge in [0.15, 0.2) is 5.78 Å². The third-order valence-electron chi connectivity index (χ3n) is 3.95. The second-order valence-electron chi connectivity index (χ2n) is 5.61. The van der Waals surface area contributed by atoms with E-state index in [0.717, 1.165) is 25.8 Å². The van der Waals surface area contributed by atoms with Crippen LogP contribution in [0.2, 0.25) is 0 Å². The Bertz CT molecular complexity index is 720. The largest absolute Gasteiger partial charge is 0.363 e. The van der Waals surface area contributed by atoms with E-state index in [1.165, 1.54) is 0 Å². The summed E-state index contributed by atoms with van der Waals surface area (Å²) in [7, 11) is 0. The van der Waals surface area contributed by atoms with Gasteiger partial charge in [0.25, 0.3) is 17.6 Å². The van der Waals surface area contributed by atoms with Gasteiger partial charge in [0.05, 0.1) is 5.56 Å². The number of hydrogen-bond donors (Lipinski definition) is 2. The zero-order valence-corrected chi connectivity index (χ0v) is 12.6. The first kappa shape index (κ1) is 15.4. The summed E-state index contributed by atoms with van der Waals surface area (Å²) in [5.41, 5.74) is 6.16. The Hall–Kier alpha value is -2.54. The summed E-state index contributed by atoms with van der Waals surface area (Å²) in [4.78, 5) is 27.7. The monoisotopic (exact) mass is 314 g/mol. The minimum Gasteiger partial charge on any atom is -0.363 e. The summed E-state index contributed by atoms with van der Waals surface area (Å²) in [6.45, 7) is 0.950. The third kappa shape index (κ3) is 3.45. The summed E-state index contributed by atoms with van der Waals surface area (Å²) in [5.74, 6) is -0.829. The minimum atomic E-state index is -0.768. The Morgan fingerprint density at radius 2 is 2.13 bits per heavy atom. The first-order valence-corrected chi connectivity index (χ1v) is 7.64. The topological polar surface area (TPSA) is 111 Å². The molecule has 1 amide bonds. The van der Waals surface area contributed by atoms with Crippen LogP contribution in [0.1, 0.15) is 46.7 Å². The molecular weight excluding hydrogens is 296 g/mol. The van der Waals surface area contributed by atoms with Gasteiger partial charge in [-0.3, -0.25) is 9.59 Å². The molecule has 1 fully saturated rings. The Labute approximate surface area is 133 Å². The molecule has 3 rings (SSSR count). The molecule has 1 atom stereocenters. The molecular formula is C16H18N4O3. The summed E-state index contributed by atoms with van der Waals surface area (Å²) in [6.07, 6.45) is 3.71. The van der Waals surface area contributed by atoms with Crippen molar-refractivity contribution in [3.05, 3.63) is 35.7 Å². The van der Waals surface area contributed by atoms with Gasteiger partial charge in [0, 0.05) is 18.0 Å². The van der Waals surface area contributed by atoms with Crippen molar-refractivity contribution in [2.24, 2.45) is 5.73 Å². The minimum absolute atomic E-state index is 0.0128. The summed E-state index contributed by atoms with van der Waals surface area (Å²) in [6, 6.07) is 7.22. The molecule has 1 unspecified atom stereocenters. The molecule has 1 aliphatic heterocycles. The zero-order valence-electron chi connectivity index (χ0n) is 12.6. The lowest BCUT2D eigenvalue weighted by Gasteiger charge is -2.22. The number of benzene rings is 1. The first-order chi connectivity index (χ1) is 11.1. The van der Waals surface area contributed by atoms with E-state index >= 15 is 0 Å². The molecule has 0 aliphatic carbocycles. The number of carbonyl (C=O) groups is 2. The number of nitrogens with zero attached hydrogens (tertiary/aromatic N) is 2. The van der Waals surface area contributed by atoms with Crippen LogP contribution in [0, 0.1) is 0 Å². The molecule has 0 spiro atoms. The van der Waals surface area contributed by atoms with Crippen molar-refractivity contribution in [1.82, 2.24) is 15.5 Å². The highest BCUT2D eigenvalue weighted by molar-refractivity contribution is 6.02. The lowest BCUT2D eigenvalue weighted by atomic mass is 9.94. The normalized spacial score (nSPS) is 17.8. The number of ketones is 1. The molecule has 7 nitrogen and oxygen atoms in total. The summed E-state index contributed by atoms with van der Waals surface area (Å²) >= 11 is 0. The van der Waals surface area contributed by atoms with Gasteiger partial charge in [-0.2, -0.15) is 4.98 Å². The number of nitrogens with two attached hydrogens (primary N) is 1. The van der Waals surface area contributed by atoms with Crippen LogP contribution >= 0.6 is 0 Å². The highest BCUT2D eigenvalue weighted by Gasteiger charge is 2.22. The van der Waals surface area contributed by atoms with Crippen LogP contribution < -0.4 is 11.1 Å². The molecule has 0 bridgehead atoms. The van der Waals surface area contributed by atoms with E-state index in [9.17, 15) is 9.59 Å². The number of Topliss-reactive ketones (excluding diaryl/α,β-unsaturated/α-hetero) is 1. The van der Waals surface area contributed by atoms with E-state index in [2.05, 4.69) is 15.5 Å². The lowest BCUT2D eigenvalue weighted by Crippen LogP contribution is -2.35. The second kappa shape index (κ2) is 6.70. The van der Waals surface area contributed by atoms with Gasteiger partial charge in [-0.05, 0) is 25.5 Å². The van der Waals surface area contributed by atoms with Crippen LogP contribution in [0.15, 0.2) is 28.8 Å². The standard InChI is InChI=1S/C16H18N4O3/c17-14(22)15-19-16(23-20-15)12-7-2-1-6-11(12)13(21)9-10-5-3-4-8-18-10/h1-2,6-7,10,18H,3-5,8-9H2,(H2,17,22). The number of aromatic nitrogens is 2. The highest BCUT2D eigenvalue weighted by atomic mass is 16.5. The van der Waals surface area contributed by atoms with Crippen molar-refractivity contribution in [3.8, 4) is 11.5 Å². The smallest absolute Gasteiger partial charge is 0.290 e. The fourth-order valence-corrected chi connectivity index (χ4v) is 2.78. The van der Waals surface area contributed by atoms with Crippen LogP contribution in [-0.4, -0.2) is 34.4 Å². The van der Waals surface area contributed by atoms with Gasteiger partial charge in [0.1, 0.15) is 0 Å². The van der Waals surface area contributed by atoms with Crippen molar-refractivity contribution >= 4 is 11.7 Å². The maximum absolute atomic E-state index is 12.6. The number of nitrogens with one attached hydrogen (secondary N) is 1. The van der Waals surface area contributed by atoms with E-state index in [1.807, 2.05) is 0 Å². The van der Waals surface area contributed by atoms with Crippen LogP contribution in [0.25, 0.3) is 11.5 Å². The number of piperidine rings is 1. The van der Waals surface area contributed by atoms with Gasteiger partial charge in [-0.25, -0.2) is 0 Å². The predicted octanol–water partition coefficient (Wildman–Crippen LogP) is 1.55. The maximum atomic E-state index is 12.6. The van der Waals surface area contributed by atoms with E-state index in [-0.39, 0.29) is 23.5 Å². The summed E-state index contributed by atoms with van der Waals surface area (Å²) < 4.78 is 5.06. The molecule has 1 aromatic carbocycles. The Morgan fingerprint density at radius 3 is 2.83 bits per heavy atom. The van der Waals surface area contributed by atoms with Gasteiger partial charge in [-0.15, -0.1) is 0 Å². The molecule has 23 heavy (non-hydrogen) atoms. The predicted molar refractivity (Wildman–Crippen MR) is 82.8 cm³/mol. The van der Waals surface area contributed by atoms with Crippen molar-refractivity contribution < 1.29 is 14.1 Å². The Balaban J connectivity index is 1.84. The number of amides is 1. The Morgan fingerprint density at radius 1 is 1.30 bits per heavy atom. The molecule has 0 radical (unpaired) electrons. The fourth-order valence-electron chi connectivity index (χ4n) is 2.78. The first-order valence-electron chi connectivity index (χ1n) is 7.64. The second-order valence-corrected chi connectivity index (χ2v) is 5.61. The summed E-state index contributed by atoms with van der Waals surface area (Å²) in [5, 5.41) is 6.89. The SMILES string of the molecule is NC(=O)c1noc(-c2ccccc2C(=O)CC2CCCCN2)n1. The van der Waals surface area contributed by atoms with Crippen molar-refractivity contribution in [2.45, 2.75) is 31.7 Å². The number of carbonyl (C=O) groups excluding carboxylic acids is 2. The molecule has 1 aromatic heterocycles. The molecule has 7 heteroatoms. The van der Waals surface area contributed by atoms with Gasteiger partial charge in [0.2, 0.25) is 0 Å². The zero-order chi connectivity index (χ0) is 16.2. The number of rotatable bonds is 5. The third-order valence-corrected chi connectivity index (χ3v) is 3.95. The van der Waals surface area contributed by atoms with E-state index in [4.69, 9.17) is 10.3 Å². The molecule has 120 valence electrons. The van der Waals surface area contributed by atoms with Crippen molar-refractivity contribution in [3.63, 3.8) is 0 Å². The molecule has 2 heterocycles. The van der Waals surface area contributed by atoms with E-state index in [1.54, 1.807) is 24.3 Å². The fraction of sp³-hybridized carbons (Fsp3) is 0.375. The van der Waals surface area contributed by atoms with E-state index < -0.39 is 5.91 Å². The highest BCUT2D eigenvalue weighted by Crippen LogP contribution is 2.24. The lowest BCUT2D eigenvalue weighted by molar-refractivity contribution is 0.0961. The average molecular weight is 314 g/mol. The van der Waals surface area contributed by atoms with Crippen molar-refractivity contribution in [2.75, 3.05) is 6.54 Å². The van der Waals surface area contributed by atoms with Crippen LogP contribution in [0.4, 0.5) is 0 Å². The van der Waals surface area contributed by atoms with Crippen molar-refractivity contribution in [1.29, 1.82) is 0 Å². The van der Waals surface area contributed by atoms with Crippen LogP contribution in [0.3, 0.4) is 0 Å². The average Bonchev–Trinajstić information content (AvgIpc) is 3.06. The molecule has 0 saturated carbocycles. The van der Waals surface area contributed by atoms with Crippen LogP contribution in [-0.2, 0) is 0 Å². The maximum Gasteiger partial charge on any atom is 0.290 e. The molecule has 1 aliphatic rings. The van der Waals surface area contributed by atoms with Crippen LogP contribution in [0.5, 0.6) is 0 Å². The molecule has 3 N–H and O–H groups in total. The number of hydrogen-bond acceptors (Lipinski definition) is 6. The Kier molecular flexibility index (Phi) is 4.47. The van der Waals surface area contributed by atoms with Gasteiger partial charge < -0.3 is 15.6 Å².